The first-order valence-corrected chi connectivity index (χ1v) is 13.7. The summed E-state index contributed by atoms with van der Waals surface area (Å²) in [4.78, 5) is 44.2. The van der Waals surface area contributed by atoms with Crippen LogP contribution in [0.2, 0.25) is 0 Å². The minimum Gasteiger partial charge on any atom is -0.305 e. The number of hydrogen-bond acceptors (Lipinski definition) is 10. The maximum atomic E-state index is 13.1. The van der Waals surface area contributed by atoms with E-state index >= 15 is 0 Å². The van der Waals surface area contributed by atoms with Crippen LogP contribution in [0.25, 0.3) is 44.8 Å². The molecule has 0 aliphatic heterocycles. The molecule has 0 amide bonds. The highest BCUT2D eigenvalue weighted by Gasteiger charge is 2.16. The summed E-state index contributed by atoms with van der Waals surface area (Å²) in [6.07, 6.45) is 0. The van der Waals surface area contributed by atoms with Crippen LogP contribution < -0.4 is 11.1 Å². The van der Waals surface area contributed by atoms with Crippen molar-refractivity contribution >= 4 is 55.0 Å². The quantitative estimate of drug-likeness (QED) is 0.246. The molecule has 0 saturated heterocycles. The Hall–Kier alpha value is -4.42. The zero-order valence-electron chi connectivity index (χ0n) is 20.4. The third kappa shape index (κ3) is 4.13. The lowest BCUT2D eigenvalue weighted by atomic mass is 10.2. The topological polar surface area (TPSA) is 120 Å². The van der Waals surface area contributed by atoms with Crippen molar-refractivity contribution in [2.24, 2.45) is 10.2 Å². The van der Waals surface area contributed by atoms with Crippen LogP contribution in [0, 0.1) is 0 Å². The maximum Gasteiger partial charge on any atom is 0.279 e. The summed E-state index contributed by atoms with van der Waals surface area (Å²) in [6.45, 7) is 4.89. The highest BCUT2D eigenvalue weighted by atomic mass is 32.1. The summed E-state index contributed by atoms with van der Waals surface area (Å²) in [5, 5.41) is 12.6. The normalized spacial score (nSPS) is 11.7. The molecule has 0 saturated carbocycles. The van der Waals surface area contributed by atoms with Crippen LogP contribution in [0.5, 0.6) is 0 Å². The van der Waals surface area contributed by atoms with E-state index in [0.717, 1.165) is 22.1 Å². The first-order chi connectivity index (χ1) is 18.6. The molecule has 0 fully saturated rings. The summed E-state index contributed by atoms with van der Waals surface area (Å²) in [7, 11) is 0. The summed E-state index contributed by atoms with van der Waals surface area (Å²) in [6, 6.07) is 15.0. The van der Waals surface area contributed by atoms with Crippen LogP contribution in [-0.4, -0.2) is 29.1 Å². The molecule has 0 radical (unpaired) electrons. The first kappa shape index (κ1) is 23.9. The van der Waals surface area contributed by atoms with Gasteiger partial charge in [-0.05, 0) is 38.1 Å². The average Bonchev–Trinajstić information content (AvgIpc) is 3.61. The smallest absolute Gasteiger partial charge is 0.279 e. The molecule has 0 N–H and O–H groups in total. The lowest BCUT2D eigenvalue weighted by molar-refractivity contribution is 0.755. The van der Waals surface area contributed by atoms with Crippen molar-refractivity contribution in [1.82, 2.24) is 29.1 Å². The van der Waals surface area contributed by atoms with E-state index < -0.39 is 0 Å². The molecule has 6 aromatic rings. The molecule has 6 rings (SSSR count). The fourth-order valence-corrected chi connectivity index (χ4v) is 5.51. The minimum atomic E-state index is -0.204. The highest BCUT2D eigenvalue weighted by Crippen LogP contribution is 2.29. The molecule has 38 heavy (non-hydrogen) atoms. The van der Waals surface area contributed by atoms with Crippen LogP contribution >= 0.6 is 22.7 Å². The molecule has 4 heterocycles. The number of rotatable bonds is 6. The lowest BCUT2D eigenvalue weighted by Crippen LogP contribution is -2.23. The maximum absolute atomic E-state index is 13.1. The van der Waals surface area contributed by atoms with E-state index in [0.29, 0.717) is 34.7 Å². The van der Waals surface area contributed by atoms with Gasteiger partial charge in [0.2, 0.25) is 10.3 Å². The van der Waals surface area contributed by atoms with Crippen LogP contribution in [0.1, 0.15) is 13.8 Å². The molecule has 2 aromatic carbocycles. The fourth-order valence-electron chi connectivity index (χ4n) is 4.27. The minimum absolute atomic E-state index is 0.204. The number of hydrogen-bond donors (Lipinski definition) is 0. The number of azo groups is 1. The molecule has 0 aliphatic rings. The first-order valence-electron chi connectivity index (χ1n) is 11.9. The fraction of sp³-hybridized carbons (Fsp3) is 0.154. The van der Waals surface area contributed by atoms with Crippen LogP contribution in [0.3, 0.4) is 0 Å². The second-order valence-electron chi connectivity index (χ2n) is 8.23. The van der Waals surface area contributed by atoms with Crippen molar-refractivity contribution in [3.05, 3.63) is 80.0 Å². The second-order valence-corrected chi connectivity index (χ2v) is 9.90. The van der Waals surface area contributed by atoms with Gasteiger partial charge in [-0.25, -0.2) is 19.9 Å². The zero-order chi connectivity index (χ0) is 26.2. The van der Waals surface area contributed by atoms with Crippen molar-refractivity contribution in [3.63, 3.8) is 0 Å². The Labute approximate surface area is 223 Å². The number of nitrogens with zero attached hydrogens (tertiary/aromatic N) is 8. The lowest BCUT2D eigenvalue weighted by Gasteiger charge is -2.08. The Balaban J connectivity index is 1.31. The highest BCUT2D eigenvalue weighted by molar-refractivity contribution is 7.14. The molecule has 0 atom stereocenters. The van der Waals surface area contributed by atoms with E-state index in [1.54, 1.807) is 19.9 Å². The Bertz CT molecular complexity index is 1830. The van der Waals surface area contributed by atoms with Gasteiger partial charge in [-0.2, -0.15) is 0 Å². The van der Waals surface area contributed by atoms with Gasteiger partial charge >= 0.3 is 0 Å². The predicted octanol–water partition coefficient (Wildman–Crippen LogP) is 5.81. The summed E-state index contributed by atoms with van der Waals surface area (Å²) >= 11 is 2.51. The molecule has 188 valence electrons. The van der Waals surface area contributed by atoms with Gasteiger partial charge in [0.1, 0.15) is 11.4 Å². The number of thiazole rings is 2. The molecule has 12 heteroatoms. The molecule has 10 nitrogen and oxygen atoms in total. The standard InChI is InChI=1S/C26H20N8O2S2/c1-3-33-19-11-7-5-9-15(19)27-21(23(33)35)17-13-37-25(29-17)31-32-26-30-18(14-38-26)22-24(36)34(4-2)20-12-8-6-10-16(20)28-22/h5-14H,3-4H2,1-2H3. The largest absolute Gasteiger partial charge is 0.305 e. The van der Waals surface area contributed by atoms with Crippen molar-refractivity contribution in [3.8, 4) is 22.8 Å². The molecule has 0 bridgehead atoms. The van der Waals surface area contributed by atoms with Gasteiger partial charge in [-0.15, -0.1) is 32.9 Å². The average molecular weight is 541 g/mol. The number of para-hydroxylation sites is 4. The monoisotopic (exact) mass is 540 g/mol. The van der Waals surface area contributed by atoms with Crippen molar-refractivity contribution in [2.75, 3.05) is 0 Å². The van der Waals surface area contributed by atoms with Gasteiger partial charge in [0.15, 0.2) is 11.4 Å². The van der Waals surface area contributed by atoms with Gasteiger partial charge in [-0.3, -0.25) is 9.59 Å². The van der Waals surface area contributed by atoms with E-state index in [1.807, 2.05) is 62.4 Å². The van der Waals surface area contributed by atoms with Gasteiger partial charge in [-0.1, -0.05) is 24.3 Å². The molecular formula is C26H20N8O2S2. The second kappa shape index (κ2) is 9.80. The summed E-state index contributed by atoms with van der Waals surface area (Å²) < 4.78 is 3.37. The molecule has 0 aliphatic carbocycles. The third-order valence-corrected chi connectivity index (χ3v) is 7.48. The van der Waals surface area contributed by atoms with Gasteiger partial charge < -0.3 is 9.13 Å². The van der Waals surface area contributed by atoms with Gasteiger partial charge in [0.05, 0.1) is 22.1 Å². The van der Waals surface area contributed by atoms with Gasteiger partial charge in [0, 0.05) is 23.8 Å². The zero-order valence-corrected chi connectivity index (χ0v) is 22.0. The van der Waals surface area contributed by atoms with Crippen molar-refractivity contribution in [2.45, 2.75) is 26.9 Å². The number of aryl methyl sites for hydroxylation is 2. The Morgan fingerprint density at radius 3 is 1.50 bits per heavy atom. The Kier molecular flexibility index (Phi) is 6.18. The molecule has 4 aromatic heterocycles. The van der Waals surface area contributed by atoms with E-state index in [1.165, 1.54) is 22.7 Å². The number of benzene rings is 2. The number of fused-ring (bicyclic) bond motifs is 2. The van der Waals surface area contributed by atoms with Crippen LogP contribution in [0.4, 0.5) is 10.3 Å². The van der Waals surface area contributed by atoms with Gasteiger partial charge in [0.25, 0.3) is 11.1 Å². The van der Waals surface area contributed by atoms with Crippen LogP contribution in [-0.2, 0) is 13.1 Å². The predicted molar refractivity (Wildman–Crippen MR) is 150 cm³/mol. The summed E-state index contributed by atoms with van der Waals surface area (Å²) in [5.74, 6) is 0. The Morgan fingerprint density at radius 1 is 0.658 bits per heavy atom. The van der Waals surface area contributed by atoms with E-state index in [4.69, 9.17) is 0 Å². The summed E-state index contributed by atoms with van der Waals surface area (Å²) in [5.41, 5.74) is 4.04. The van der Waals surface area contributed by atoms with E-state index in [9.17, 15) is 9.59 Å². The number of aromatic nitrogens is 6. The SMILES string of the molecule is CCn1c(=O)c(-c2csc(N=Nc3nc(-c4nc5ccccc5n(CC)c4=O)cs3)n2)nc2ccccc21. The van der Waals surface area contributed by atoms with Crippen molar-refractivity contribution < 1.29 is 0 Å². The third-order valence-electron chi connectivity index (χ3n) is 6.03. The Morgan fingerprint density at radius 2 is 1.08 bits per heavy atom. The van der Waals surface area contributed by atoms with Crippen molar-refractivity contribution in [1.29, 1.82) is 0 Å². The van der Waals surface area contributed by atoms with E-state index in [-0.39, 0.29) is 22.5 Å². The molecule has 0 unspecified atom stereocenters. The molecular weight excluding hydrogens is 520 g/mol. The van der Waals surface area contributed by atoms with Crippen LogP contribution in [0.15, 0.2) is 79.1 Å². The molecule has 0 spiro atoms. The van der Waals surface area contributed by atoms with E-state index in [2.05, 4.69) is 30.2 Å².